The van der Waals surface area contributed by atoms with Crippen molar-refractivity contribution < 1.29 is 0 Å². The lowest BCUT2D eigenvalue weighted by Gasteiger charge is -2.22. The molecule has 2 aliphatic heterocycles. The molecular formula is C42H52N2. The summed E-state index contributed by atoms with van der Waals surface area (Å²) >= 11 is 0. The van der Waals surface area contributed by atoms with Gasteiger partial charge >= 0.3 is 0 Å². The standard InChI is InChI=1S/C42H52N2/c1-27-11-28(2)16-35(15-27)39-23-43(24-40(39)36-17-29(3)12-30(4)18-36)9-10-44-25-41(37-19-31(5)13-32(6)20-37)42(26-44)38-21-33(7)14-34(8)22-38/h11-22,39-42H,9-10,23-26H2,1-8H3/t39-,40-,41-,42-/m0/s1. The third kappa shape index (κ3) is 6.87. The number of aryl methyl sites for hydroxylation is 8. The van der Waals surface area contributed by atoms with Crippen LogP contribution < -0.4 is 0 Å². The molecule has 4 aromatic carbocycles. The first-order valence-electron chi connectivity index (χ1n) is 16.8. The van der Waals surface area contributed by atoms with Gasteiger partial charge in [0, 0.05) is 62.9 Å². The van der Waals surface area contributed by atoms with E-state index in [2.05, 4.69) is 138 Å². The van der Waals surface area contributed by atoms with Crippen molar-refractivity contribution in [2.45, 2.75) is 79.1 Å². The first-order valence-corrected chi connectivity index (χ1v) is 16.8. The van der Waals surface area contributed by atoms with E-state index in [9.17, 15) is 0 Å². The Morgan fingerprint density at radius 1 is 0.341 bits per heavy atom. The average molecular weight is 585 g/mol. The van der Waals surface area contributed by atoms with Crippen LogP contribution in [0.15, 0.2) is 72.8 Å². The summed E-state index contributed by atoms with van der Waals surface area (Å²) in [4.78, 5) is 5.53. The maximum absolute atomic E-state index is 2.76. The topological polar surface area (TPSA) is 6.48 Å². The molecule has 0 amide bonds. The summed E-state index contributed by atoms with van der Waals surface area (Å²) in [5.41, 5.74) is 17.1. The number of benzene rings is 4. The summed E-state index contributed by atoms with van der Waals surface area (Å²) in [6, 6.07) is 28.8. The molecule has 2 nitrogen and oxygen atoms in total. The van der Waals surface area contributed by atoms with Gasteiger partial charge in [0.05, 0.1) is 0 Å². The van der Waals surface area contributed by atoms with E-state index in [-0.39, 0.29) is 0 Å². The molecule has 0 aromatic heterocycles. The minimum absolute atomic E-state index is 0.527. The molecule has 2 saturated heterocycles. The molecule has 2 aliphatic rings. The molecular weight excluding hydrogens is 532 g/mol. The van der Waals surface area contributed by atoms with Crippen molar-refractivity contribution in [3.63, 3.8) is 0 Å². The second-order valence-corrected chi connectivity index (χ2v) is 14.6. The Morgan fingerprint density at radius 3 is 0.705 bits per heavy atom. The fourth-order valence-corrected chi connectivity index (χ4v) is 8.67. The molecule has 0 radical (unpaired) electrons. The molecule has 0 aliphatic carbocycles. The molecule has 44 heavy (non-hydrogen) atoms. The minimum Gasteiger partial charge on any atom is -0.301 e. The zero-order valence-electron chi connectivity index (χ0n) is 28.4. The van der Waals surface area contributed by atoms with E-state index < -0.39 is 0 Å². The molecule has 2 fully saturated rings. The smallest absolute Gasteiger partial charge is 0.0110 e. The largest absolute Gasteiger partial charge is 0.301 e. The van der Waals surface area contributed by atoms with Gasteiger partial charge in [-0.2, -0.15) is 0 Å². The zero-order chi connectivity index (χ0) is 31.1. The summed E-state index contributed by atoms with van der Waals surface area (Å²) in [6.07, 6.45) is 0. The van der Waals surface area contributed by atoms with Crippen LogP contribution in [0.4, 0.5) is 0 Å². The van der Waals surface area contributed by atoms with Crippen LogP contribution >= 0.6 is 0 Å². The van der Waals surface area contributed by atoms with Gasteiger partial charge in [-0.3, -0.25) is 0 Å². The van der Waals surface area contributed by atoms with Gasteiger partial charge in [-0.15, -0.1) is 0 Å². The Bertz CT molecular complexity index is 1330. The van der Waals surface area contributed by atoms with E-state index in [1.165, 1.54) is 66.8 Å². The summed E-state index contributed by atoms with van der Waals surface area (Å²) in [5.74, 6) is 2.11. The third-order valence-corrected chi connectivity index (χ3v) is 10.2. The highest BCUT2D eigenvalue weighted by molar-refractivity contribution is 5.40. The number of hydrogen-bond acceptors (Lipinski definition) is 2. The molecule has 6 rings (SSSR count). The lowest BCUT2D eigenvalue weighted by molar-refractivity contribution is 0.251. The lowest BCUT2D eigenvalue weighted by Crippen LogP contribution is -2.33. The van der Waals surface area contributed by atoms with Crippen molar-refractivity contribution in [3.8, 4) is 0 Å². The van der Waals surface area contributed by atoms with Gasteiger partial charge in [0.25, 0.3) is 0 Å². The van der Waals surface area contributed by atoms with Crippen molar-refractivity contribution in [2.75, 3.05) is 39.3 Å². The van der Waals surface area contributed by atoms with Crippen LogP contribution in [0.5, 0.6) is 0 Å². The van der Waals surface area contributed by atoms with Crippen LogP contribution in [0, 0.1) is 55.4 Å². The van der Waals surface area contributed by atoms with Gasteiger partial charge < -0.3 is 9.80 Å². The van der Waals surface area contributed by atoms with E-state index in [1.807, 2.05) is 0 Å². The van der Waals surface area contributed by atoms with Crippen molar-refractivity contribution in [2.24, 2.45) is 0 Å². The van der Waals surface area contributed by atoms with Crippen molar-refractivity contribution in [1.82, 2.24) is 9.80 Å². The number of rotatable bonds is 7. The summed E-state index contributed by atoms with van der Waals surface area (Å²) < 4.78 is 0. The normalized spacial score (nSPS) is 22.6. The second-order valence-electron chi connectivity index (χ2n) is 14.6. The van der Waals surface area contributed by atoms with Crippen molar-refractivity contribution in [3.05, 3.63) is 140 Å². The summed E-state index contributed by atoms with van der Waals surface area (Å²) in [7, 11) is 0. The Balaban J connectivity index is 1.24. The average Bonchev–Trinajstić information content (AvgIpc) is 3.55. The van der Waals surface area contributed by atoms with Gasteiger partial charge in [0.1, 0.15) is 0 Å². The molecule has 0 unspecified atom stereocenters. The molecule has 4 aromatic rings. The zero-order valence-corrected chi connectivity index (χ0v) is 28.4. The Kier molecular flexibility index (Phi) is 8.86. The van der Waals surface area contributed by atoms with Gasteiger partial charge in [-0.1, -0.05) is 117 Å². The van der Waals surface area contributed by atoms with Gasteiger partial charge in [-0.05, 0) is 77.6 Å². The van der Waals surface area contributed by atoms with Gasteiger partial charge in [-0.25, -0.2) is 0 Å². The monoisotopic (exact) mass is 584 g/mol. The van der Waals surface area contributed by atoms with E-state index >= 15 is 0 Å². The molecule has 0 spiro atoms. The van der Waals surface area contributed by atoms with Crippen LogP contribution in [0.2, 0.25) is 0 Å². The molecule has 2 heteroatoms. The first kappa shape index (κ1) is 30.8. The Morgan fingerprint density at radius 2 is 0.523 bits per heavy atom. The number of nitrogens with zero attached hydrogens (tertiary/aromatic N) is 2. The van der Waals surface area contributed by atoms with Crippen molar-refractivity contribution in [1.29, 1.82) is 0 Å². The van der Waals surface area contributed by atoms with Gasteiger partial charge in [0.2, 0.25) is 0 Å². The van der Waals surface area contributed by atoms with Crippen LogP contribution in [-0.4, -0.2) is 49.1 Å². The quantitative estimate of drug-likeness (QED) is 0.214. The second kappa shape index (κ2) is 12.7. The molecule has 230 valence electrons. The van der Waals surface area contributed by atoms with Gasteiger partial charge in [0.15, 0.2) is 0 Å². The maximum Gasteiger partial charge on any atom is 0.0110 e. The van der Waals surface area contributed by atoms with Crippen molar-refractivity contribution >= 4 is 0 Å². The molecule has 0 bridgehead atoms. The van der Waals surface area contributed by atoms with Crippen LogP contribution in [0.1, 0.15) is 90.4 Å². The van der Waals surface area contributed by atoms with E-state index in [0.717, 1.165) is 39.3 Å². The molecule has 0 saturated carbocycles. The fraction of sp³-hybridized carbons (Fsp3) is 0.429. The number of likely N-dealkylation sites (tertiary alicyclic amines) is 2. The van der Waals surface area contributed by atoms with E-state index in [1.54, 1.807) is 0 Å². The first-order chi connectivity index (χ1) is 21.0. The molecule has 2 heterocycles. The van der Waals surface area contributed by atoms with Crippen LogP contribution in [-0.2, 0) is 0 Å². The van der Waals surface area contributed by atoms with E-state index in [4.69, 9.17) is 0 Å². The fourth-order valence-electron chi connectivity index (χ4n) is 8.67. The lowest BCUT2D eigenvalue weighted by atomic mass is 9.82. The van der Waals surface area contributed by atoms with Crippen LogP contribution in [0.3, 0.4) is 0 Å². The minimum atomic E-state index is 0.527. The predicted octanol–water partition coefficient (Wildman–Crippen LogP) is 9.22. The Hall–Kier alpha value is -3.20. The Labute approximate surface area is 267 Å². The highest BCUT2D eigenvalue weighted by atomic mass is 15.2. The molecule has 0 N–H and O–H groups in total. The SMILES string of the molecule is Cc1cc(C)cc([C@@H]2CN(CCN3C[C@@H](c4cc(C)cc(C)c4)[C@H](c4cc(C)cc(C)c4)C3)C[C@H]2c2cc(C)cc(C)c2)c1. The van der Waals surface area contributed by atoms with Crippen LogP contribution in [0.25, 0.3) is 0 Å². The summed E-state index contributed by atoms with van der Waals surface area (Å²) in [6.45, 7) is 24.8. The molecule has 4 atom stereocenters. The predicted molar refractivity (Wildman–Crippen MR) is 188 cm³/mol. The highest BCUT2D eigenvalue weighted by Gasteiger charge is 2.38. The maximum atomic E-state index is 2.76. The number of hydrogen-bond donors (Lipinski definition) is 0. The highest BCUT2D eigenvalue weighted by Crippen LogP contribution is 2.43. The summed E-state index contributed by atoms with van der Waals surface area (Å²) in [5, 5.41) is 0. The van der Waals surface area contributed by atoms with E-state index in [0.29, 0.717) is 23.7 Å². The third-order valence-electron chi connectivity index (χ3n) is 10.2.